The van der Waals surface area contributed by atoms with E-state index >= 15 is 0 Å². The van der Waals surface area contributed by atoms with Gasteiger partial charge in [0.1, 0.15) is 30.0 Å². The Morgan fingerprint density at radius 3 is 2.64 bits per heavy atom. The molecule has 0 amide bonds. The van der Waals surface area contributed by atoms with Crippen LogP contribution >= 0.6 is 0 Å². The monoisotopic (exact) mass is 594 g/mol. The van der Waals surface area contributed by atoms with Gasteiger partial charge in [0.25, 0.3) is 0 Å². The minimum atomic E-state index is -0.895. The first kappa shape index (κ1) is 30.9. The van der Waals surface area contributed by atoms with Gasteiger partial charge >= 0.3 is 5.97 Å². The van der Waals surface area contributed by atoms with E-state index in [-0.39, 0.29) is 0 Å². The number of carbonyl (C=O) groups is 1. The lowest BCUT2D eigenvalue weighted by atomic mass is 10.1. The molecule has 1 aliphatic rings. The van der Waals surface area contributed by atoms with Crippen LogP contribution in [0.3, 0.4) is 0 Å². The molecule has 0 aliphatic carbocycles. The molecule has 4 aromatic rings. The third-order valence-electron chi connectivity index (χ3n) is 7.89. The van der Waals surface area contributed by atoms with Gasteiger partial charge in [0, 0.05) is 42.8 Å². The van der Waals surface area contributed by atoms with E-state index in [1.54, 1.807) is 12.4 Å². The molecule has 1 aromatic carbocycles. The van der Waals surface area contributed by atoms with Crippen LogP contribution in [0.2, 0.25) is 0 Å². The number of nitrogens with one attached hydrogen (secondary N) is 2. The van der Waals surface area contributed by atoms with E-state index in [2.05, 4.69) is 37.6 Å². The molecule has 3 aromatic heterocycles. The van der Waals surface area contributed by atoms with Gasteiger partial charge in [-0.1, -0.05) is 36.4 Å². The van der Waals surface area contributed by atoms with Gasteiger partial charge in [-0.25, -0.2) is 14.8 Å². The maximum absolute atomic E-state index is 12.2. The van der Waals surface area contributed by atoms with Gasteiger partial charge < -0.3 is 20.5 Å². The number of carboxylic acid groups (broad SMARTS) is 1. The van der Waals surface area contributed by atoms with Gasteiger partial charge in [-0.3, -0.25) is 9.88 Å². The summed E-state index contributed by atoms with van der Waals surface area (Å²) in [6, 6.07) is 21.2. The Hall–Kier alpha value is -4.50. The van der Waals surface area contributed by atoms with E-state index in [1.165, 1.54) is 5.56 Å². The maximum atomic E-state index is 12.2. The number of benzene rings is 1. The first-order valence-electron chi connectivity index (χ1n) is 15.5. The quantitative estimate of drug-likeness (QED) is 0.137. The maximum Gasteiger partial charge on any atom is 0.326 e. The number of carboxylic acids is 1. The van der Waals surface area contributed by atoms with Crippen molar-refractivity contribution in [1.82, 2.24) is 19.9 Å². The molecule has 0 spiro atoms. The molecule has 4 heterocycles. The number of anilines is 2. The van der Waals surface area contributed by atoms with Crippen LogP contribution in [0.1, 0.15) is 42.6 Å². The number of hydrogen-bond acceptors (Lipinski definition) is 8. The summed E-state index contributed by atoms with van der Waals surface area (Å²) in [4.78, 5) is 28.1. The second kappa shape index (κ2) is 15.8. The number of aliphatic carboxylic acids is 1. The molecule has 1 aliphatic heterocycles. The lowest BCUT2D eigenvalue weighted by Crippen LogP contribution is -2.37. The van der Waals surface area contributed by atoms with Crippen LogP contribution in [-0.4, -0.2) is 69.8 Å². The largest absolute Gasteiger partial charge is 0.491 e. The minimum Gasteiger partial charge on any atom is -0.491 e. The Labute approximate surface area is 259 Å². The molecule has 1 atom stereocenters. The van der Waals surface area contributed by atoms with Crippen molar-refractivity contribution >= 4 is 17.6 Å². The third kappa shape index (κ3) is 9.25. The highest BCUT2D eigenvalue weighted by atomic mass is 16.5. The number of nitrogens with zero attached hydrogens (tertiary/aromatic N) is 4. The fourth-order valence-corrected chi connectivity index (χ4v) is 5.35. The van der Waals surface area contributed by atoms with Crippen LogP contribution < -0.4 is 15.4 Å². The van der Waals surface area contributed by atoms with Crippen molar-refractivity contribution in [2.75, 3.05) is 43.4 Å². The van der Waals surface area contributed by atoms with E-state index in [1.807, 2.05) is 61.5 Å². The van der Waals surface area contributed by atoms with E-state index < -0.39 is 12.0 Å². The molecule has 1 unspecified atom stereocenters. The summed E-state index contributed by atoms with van der Waals surface area (Å²) >= 11 is 0. The second-order valence-electron chi connectivity index (χ2n) is 11.2. The number of pyridine rings is 3. The highest BCUT2D eigenvalue weighted by Crippen LogP contribution is 2.21. The molecule has 0 saturated heterocycles. The average Bonchev–Trinajstić information content (AvgIpc) is 3.06. The SMILES string of the molecule is Cc1ccc(OCCN(CCCCc2ccc3c(n2)NCCC3)CCC(Nc2ccc(-c3ccccc3)cn2)C(=O)O)cn1. The molecule has 5 rings (SSSR count). The Morgan fingerprint density at radius 2 is 1.86 bits per heavy atom. The highest BCUT2D eigenvalue weighted by molar-refractivity contribution is 5.77. The normalized spacial score (nSPS) is 13.1. The summed E-state index contributed by atoms with van der Waals surface area (Å²) in [5.74, 6) is 1.42. The summed E-state index contributed by atoms with van der Waals surface area (Å²) in [7, 11) is 0. The summed E-state index contributed by atoms with van der Waals surface area (Å²) < 4.78 is 5.95. The van der Waals surface area contributed by atoms with Crippen molar-refractivity contribution < 1.29 is 14.6 Å². The van der Waals surface area contributed by atoms with Crippen molar-refractivity contribution in [2.24, 2.45) is 0 Å². The minimum absolute atomic E-state index is 0.432. The van der Waals surface area contributed by atoms with Crippen molar-refractivity contribution in [1.29, 1.82) is 0 Å². The number of fused-ring (bicyclic) bond motifs is 1. The van der Waals surface area contributed by atoms with Crippen LogP contribution in [0, 0.1) is 6.92 Å². The van der Waals surface area contributed by atoms with Crippen LogP contribution in [0.15, 0.2) is 79.1 Å². The summed E-state index contributed by atoms with van der Waals surface area (Å²) in [5, 5.41) is 16.5. The zero-order chi connectivity index (χ0) is 30.6. The highest BCUT2D eigenvalue weighted by Gasteiger charge is 2.20. The van der Waals surface area contributed by atoms with E-state index in [4.69, 9.17) is 9.72 Å². The van der Waals surface area contributed by atoms with Gasteiger partial charge in [0.2, 0.25) is 0 Å². The predicted octanol–water partition coefficient (Wildman–Crippen LogP) is 5.86. The number of aryl methyl sites for hydroxylation is 3. The molecule has 0 bridgehead atoms. The van der Waals surface area contributed by atoms with Crippen molar-refractivity contribution in [2.45, 2.75) is 51.5 Å². The molecule has 9 heteroatoms. The molecule has 3 N–H and O–H groups in total. The molecule has 0 saturated carbocycles. The standard InChI is InChI=1S/C35H42N6O3/c1-26-12-16-31(25-37-26)44-23-22-41(20-6-5-11-30-15-13-28-10-7-19-36-34(28)39-30)21-18-32(35(42)43)40-33-17-14-29(24-38-33)27-8-3-2-4-9-27/h2-4,8-9,12-17,24-25,32H,5-7,10-11,18-23H2,1H3,(H,36,39)(H,38,40)(H,42,43). The lowest BCUT2D eigenvalue weighted by Gasteiger charge is -2.24. The molecule has 230 valence electrons. The number of hydrogen-bond donors (Lipinski definition) is 3. The number of ether oxygens (including phenoxy) is 1. The van der Waals surface area contributed by atoms with Crippen LogP contribution in [0.5, 0.6) is 5.75 Å². The molecule has 0 fully saturated rings. The van der Waals surface area contributed by atoms with Crippen molar-refractivity contribution in [3.63, 3.8) is 0 Å². The fourth-order valence-electron chi connectivity index (χ4n) is 5.35. The van der Waals surface area contributed by atoms with Crippen molar-refractivity contribution in [3.05, 3.63) is 96.1 Å². The average molecular weight is 595 g/mol. The van der Waals surface area contributed by atoms with Crippen molar-refractivity contribution in [3.8, 4) is 16.9 Å². The fraction of sp³-hybridized carbons (Fsp3) is 0.371. The Bertz CT molecular complexity index is 1460. The Morgan fingerprint density at radius 1 is 0.977 bits per heavy atom. The predicted molar refractivity (Wildman–Crippen MR) is 174 cm³/mol. The summed E-state index contributed by atoms with van der Waals surface area (Å²) in [6.45, 7) is 5.57. The molecule has 44 heavy (non-hydrogen) atoms. The topological polar surface area (TPSA) is 112 Å². The first-order valence-corrected chi connectivity index (χ1v) is 15.5. The first-order chi connectivity index (χ1) is 21.5. The van der Waals surface area contributed by atoms with Crippen LogP contribution in [0.25, 0.3) is 11.1 Å². The van der Waals surface area contributed by atoms with Gasteiger partial charge in [0.15, 0.2) is 0 Å². The number of rotatable bonds is 16. The summed E-state index contributed by atoms with van der Waals surface area (Å²) in [5.41, 5.74) is 5.42. The molecule has 0 radical (unpaired) electrons. The lowest BCUT2D eigenvalue weighted by molar-refractivity contribution is -0.138. The van der Waals surface area contributed by atoms with Gasteiger partial charge in [-0.2, -0.15) is 0 Å². The van der Waals surface area contributed by atoms with E-state index in [0.717, 1.165) is 79.3 Å². The number of unbranched alkanes of at least 4 members (excludes halogenated alkanes) is 1. The molecular formula is C35H42N6O3. The zero-order valence-electron chi connectivity index (χ0n) is 25.4. The Kier molecular flexibility index (Phi) is 11.1. The second-order valence-corrected chi connectivity index (χ2v) is 11.2. The van der Waals surface area contributed by atoms with E-state index in [9.17, 15) is 9.90 Å². The van der Waals surface area contributed by atoms with Crippen LogP contribution in [0.4, 0.5) is 11.6 Å². The van der Waals surface area contributed by atoms with E-state index in [0.29, 0.717) is 31.9 Å². The smallest absolute Gasteiger partial charge is 0.326 e. The Balaban J connectivity index is 1.15. The molecular weight excluding hydrogens is 552 g/mol. The van der Waals surface area contributed by atoms with Gasteiger partial charge in [-0.05, 0) is 93.5 Å². The zero-order valence-corrected chi connectivity index (χ0v) is 25.4. The van der Waals surface area contributed by atoms with Gasteiger partial charge in [-0.15, -0.1) is 0 Å². The number of aromatic nitrogens is 3. The molecule has 9 nitrogen and oxygen atoms in total. The van der Waals surface area contributed by atoms with Crippen LogP contribution in [-0.2, 0) is 17.6 Å². The third-order valence-corrected chi connectivity index (χ3v) is 7.89. The summed E-state index contributed by atoms with van der Waals surface area (Å²) in [6.07, 6.45) is 9.08. The van der Waals surface area contributed by atoms with Gasteiger partial charge in [0.05, 0.1) is 6.20 Å².